The Morgan fingerprint density at radius 3 is 1.68 bits per heavy atom. The van der Waals surface area contributed by atoms with Crippen molar-refractivity contribution in [1.82, 2.24) is 5.32 Å². The van der Waals surface area contributed by atoms with E-state index in [0.717, 1.165) is 116 Å². The van der Waals surface area contributed by atoms with Crippen molar-refractivity contribution in [3.63, 3.8) is 0 Å². The van der Waals surface area contributed by atoms with Gasteiger partial charge in [0.1, 0.15) is 24.4 Å². The van der Waals surface area contributed by atoms with Crippen LogP contribution < -0.4 is 5.32 Å². The van der Waals surface area contributed by atoms with Gasteiger partial charge in [0.2, 0.25) is 5.91 Å². The van der Waals surface area contributed by atoms with Crippen LogP contribution in [-0.4, -0.2) is 100 Å². The fourth-order valence-corrected chi connectivity index (χ4v) is 7.81. The van der Waals surface area contributed by atoms with E-state index >= 15 is 0 Å². The van der Waals surface area contributed by atoms with Gasteiger partial charge in [-0.1, -0.05) is 171 Å². The first kappa shape index (κ1) is 61.4. The zero-order chi connectivity index (χ0) is 48.1. The highest BCUT2D eigenvalue weighted by atomic mass is 16.7. The van der Waals surface area contributed by atoms with Crippen LogP contribution in [0.5, 0.6) is 0 Å². The zero-order valence-corrected chi connectivity index (χ0v) is 41.6. The minimum Gasteiger partial charge on any atom is -0.466 e. The van der Waals surface area contributed by atoms with Crippen molar-refractivity contribution >= 4 is 11.9 Å². The molecule has 1 fully saturated rings. The summed E-state index contributed by atoms with van der Waals surface area (Å²) >= 11 is 0. The van der Waals surface area contributed by atoms with Gasteiger partial charge in [0.25, 0.3) is 0 Å². The summed E-state index contributed by atoms with van der Waals surface area (Å²) in [6.07, 6.45) is 45.9. The second-order valence-corrected chi connectivity index (χ2v) is 18.2. The number of esters is 1. The SMILES string of the molecule is CCC/C=C\C/C=C\CCCCCCCC(=O)OCCCCC/C=C\C=C/CCCCCCCCC(=O)NC(COC1OC(CO)C(O)C(O)C1O)C(O)/C=C/CCCCCCCCCC. The van der Waals surface area contributed by atoms with Gasteiger partial charge in [-0.25, -0.2) is 0 Å². The van der Waals surface area contributed by atoms with Crippen molar-refractivity contribution in [3.8, 4) is 0 Å². The first-order valence-electron chi connectivity index (χ1n) is 26.6. The van der Waals surface area contributed by atoms with Crippen LogP contribution in [0.1, 0.15) is 213 Å². The van der Waals surface area contributed by atoms with E-state index in [-0.39, 0.29) is 18.5 Å². The summed E-state index contributed by atoms with van der Waals surface area (Å²) < 4.78 is 16.6. The lowest BCUT2D eigenvalue weighted by Gasteiger charge is -2.40. The Morgan fingerprint density at radius 2 is 1.09 bits per heavy atom. The van der Waals surface area contributed by atoms with Gasteiger partial charge in [0, 0.05) is 12.8 Å². The van der Waals surface area contributed by atoms with Crippen LogP contribution >= 0.6 is 0 Å². The van der Waals surface area contributed by atoms with Crippen LogP contribution in [0.4, 0.5) is 0 Å². The molecular formula is C55H97NO10. The van der Waals surface area contributed by atoms with E-state index in [2.05, 4.69) is 67.8 Å². The molecule has 1 aliphatic rings. The number of nitrogens with one attached hydrogen (secondary N) is 1. The van der Waals surface area contributed by atoms with Crippen molar-refractivity contribution in [1.29, 1.82) is 0 Å². The molecule has 7 atom stereocenters. The summed E-state index contributed by atoms with van der Waals surface area (Å²) in [6, 6.07) is -0.827. The average Bonchev–Trinajstić information content (AvgIpc) is 3.31. The Hall–Kier alpha value is -2.64. The number of aliphatic hydroxyl groups excluding tert-OH is 5. The van der Waals surface area contributed by atoms with Gasteiger partial charge in [-0.2, -0.15) is 0 Å². The van der Waals surface area contributed by atoms with E-state index in [1.807, 2.05) is 6.08 Å². The Morgan fingerprint density at radius 1 is 0.576 bits per heavy atom. The molecule has 11 heteroatoms. The molecule has 11 nitrogen and oxygen atoms in total. The minimum absolute atomic E-state index is 0.0577. The van der Waals surface area contributed by atoms with Gasteiger partial charge in [0.05, 0.1) is 32.0 Å². The van der Waals surface area contributed by atoms with Gasteiger partial charge in [0.15, 0.2) is 6.29 Å². The summed E-state index contributed by atoms with van der Waals surface area (Å²) in [6.45, 7) is 4.16. The monoisotopic (exact) mass is 932 g/mol. The van der Waals surface area contributed by atoms with Crippen LogP contribution in [0.3, 0.4) is 0 Å². The Balaban J connectivity index is 2.17. The van der Waals surface area contributed by atoms with Crippen molar-refractivity contribution in [3.05, 3.63) is 60.8 Å². The molecule has 0 aromatic carbocycles. The van der Waals surface area contributed by atoms with E-state index < -0.39 is 49.5 Å². The van der Waals surface area contributed by atoms with Crippen LogP contribution in [0.15, 0.2) is 60.8 Å². The lowest BCUT2D eigenvalue weighted by atomic mass is 9.99. The van der Waals surface area contributed by atoms with E-state index in [4.69, 9.17) is 14.2 Å². The Labute approximate surface area is 401 Å². The van der Waals surface area contributed by atoms with E-state index in [0.29, 0.717) is 19.4 Å². The number of hydrogen-bond acceptors (Lipinski definition) is 10. The summed E-state index contributed by atoms with van der Waals surface area (Å²) in [7, 11) is 0. The summed E-state index contributed by atoms with van der Waals surface area (Å²) in [5.41, 5.74) is 0. The number of hydrogen-bond donors (Lipinski definition) is 6. The van der Waals surface area contributed by atoms with Gasteiger partial charge in [-0.05, 0) is 89.9 Å². The lowest BCUT2D eigenvalue weighted by Crippen LogP contribution is -2.60. The van der Waals surface area contributed by atoms with Gasteiger partial charge < -0.3 is 45.1 Å². The number of unbranched alkanes of at least 4 members (excludes halogenated alkanes) is 23. The van der Waals surface area contributed by atoms with E-state index in [1.54, 1.807) is 6.08 Å². The molecule has 7 unspecified atom stereocenters. The maximum absolute atomic E-state index is 13.0. The van der Waals surface area contributed by atoms with Crippen molar-refractivity contribution in [2.45, 2.75) is 256 Å². The van der Waals surface area contributed by atoms with Crippen LogP contribution in [0.2, 0.25) is 0 Å². The van der Waals surface area contributed by atoms with Crippen LogP contribution in [0, 0.1) is 0 Å². The molecule has 0 aliphatic carbocycles. The molecule has 1 amide bonds. The molecule has 0 aromatic rings. The maximum Gasteiger partial charge on any atom is 0.305 e. The molecule has 1 aliphatic heterocycles. The number of carbonyl (C=O) groups excluding carboxylic acids is 2. The molecule has 6 N–H and O–H groups in total. The molecule has 1 rings (SSSR count). The zero-order valence-electron chi connectivity index (χ0n) is 41.6. The predicted octanol–water partition coefficient (Wildman–Crippen LogP) is 11.1. The van der Waals surface area contributed by atoms with Crippen molar-refractivity contribution in [2.24, 2.45) is 0 Å². The second kappa shape index (κ2) is 44.8. The molecule has 0 bridgehead atoms. The largest absolute Gasteiger partial charge is 0.466 e. The molecule has 66 heavy (non-hydrogen) atoms. The predicted molar refractivity (Wildman–Crippen MR) is 269 cm³/mol. The van der Waals surface area contributed by atoms with Gasteiger partial charge >= 0.3 is 5.97 Å². The molecule has 1 saturated heterocycles. The topological polar surface area (TPSA) is 175 Å². The standard InChI is InChI=1S/C55H97NO10/c1-3-5-7-9-11-13-15-19-23-27-31-35-39-43-51(60)64-44-40-36-32-28-24-21-18-16-17-20-22-26-30-34-38-42-50(59)56-47(46-65-55-54(63)53(62)52(61)49(45-57)66-55)48(58)41-37-33-29-25-14-12-10-8-6-4-2/h7,9,13,15-16,18,21,24,37,41,47-49,52-55,57-58,61-63H,3-6,8,10-12,14,17,19-20,22-23,25-36,38-40,42-46H2,1-2H3,(H,56,59)/b9-7-,15-13-,18-16-,24-21-,41-37+. The third kappa shape index (κ3) is 34.6. The van der Waals surface area contributed by atoms with Crippen molar-refractivity contribution in [2.75, 3.05) is 19.8 Å². The minimum atomic E-state index is -1.58. The second-order valence-electron chi connectivity index (χ2n) is 18.2. The van der Waals surface area contributed by atoms with Gasteiger partial charge in [-0.3, -0.25) is 9.59 Å². The summed E-state index contributed by atoms with van der Waals surface area (Å²) in [5, 5.41) is 54.1. The highest BCUT2D eigenvalue weighted by molar-refractivity contribution is 5.76. The van der Waals surface area contributed by atoms with Crippen molar-refractivity contribution < 1.29 is 49.3 Å². The number of rotatable bonds is 44. The highest BCUT2D eigenvalue weighted by Gasteiger charge is 2.44. The molecular weight excluding hydrogens is 835 g/mol. The first-order valence-corrected chi connectivity index (χ1v) is 26.6. The third-order valence-corrected chi connectivity index (χ3v) is 12.1. The fraction of sp³-hybridized carbons (Fsp3) is 0.782. The Kier molecular flexibility index (Phi) is 41.7. The number of allylic oxidation sites excluding steroid dienone is 9. The highest BCUT2D eigenvalue weighted by Crippen LogP contribution is 2.23. The molecule has 382 valence electrons. The lowest BCUT2D eigenvalue weighted by molar-refractivity contribution is -0.302. The Bertz CT molecular complexity index is 1280. The molecule has 0 radical (unpaired) electrons. The first-order chi connectivity index (χ1) is 32.2. The summed E-state index contributed by atoms with van der Waals surface area (Å²) in [4.78, 5) is 25.0. The number of amides is 1. The van der Waals surface area contributed by atoms with E-state index in [9.17, 15) is 35.1 Å². The number of aliphatic hydroxyl groups is 5. The number of ether oxygens (including phenoxy) is 3. The molecule has 0 saturated carbocycles. The quantitative estimate of drug-likeness (QED) is 0.0149. The van der Waals surface area contributed by atoms with Crippen LogP contribution in [-0.2, 0) is 23.8 Å². The average molecular weight is 932 g/mol. The molecule has 0 aromatic heterocycles. The normalized spacial score (nSPS) is 20.1. The smallest absolute Gasteiger partial charge is 0.305 e. The van der Waals surface area contributed by atoms with Gasteiger partial charge in [-0.15, -0.1) is 0 Å². The van der Waals surface area contributed by atoms with E-state index in [1.165, 1.54) is 70.6 Å². The molecule has 1 heterocycles. The summed E-state index contributed by atoms with van der Waals surface area (Å²) in [5.74, 6) is -0.266. The molecule has 0 spiro atoms. The number of carbonyl (C=O) groups is 2. The third-order valence-electron chi connectivity index (χ3n) is 12.1. The maximum atomic E-state index is 13.0. The fourth-order valence-electron chi connectivity index (χ4n) is 7.81. The van der Waals surface area contributed by atoms with Crippen LogP contribution in [0.25, 0.3) is 0 Å².